The van der Waals surface area contributed by atoms with E-state index < -0.39 is 17.7 Å². The Morgan fingerprint density at radius 3 is 2.66 bits per heavy atom. The number of hydrogen-bond acceptors (Lipinski definition) is 5. The molecular formula is C18H17F5N6. The summed E-state index contributed by atoms with van der Waals surface area (Å²) in [7, 11) is 0. The summed E-state index contributed by atoms with van der Waals surface area (Å²) in [6, 6.07) is 3.19. The van der Waals surface area contributed by atoms with Crippen LogP contribution >= 0.6 is 0 Å². The van der Waals surface area contributed by atoms with Crippen LogP contribution in [-0.4, -0.2) is 62.9 Å². The molecule has 6 nitrogen and oxygen atoms in total. The van der Waals surface area contributed by atoms with E-state index in [0.717, 1.165) is 51.2 Å². The number of benzene rings is 1. The Morgan fingerprint density at radius 2 is 1.86 bits per heavy atom. The average Bonchev–Trinajstić information content (AvgIpc) is 3.34. The van der Waals surface area contributed by atoms with Gasteiger partial charge in [0.15, 0.2) is 5.65 Å². The largest absolute Gasteiger partial charge is 0.458 e. The van der Waals surface area contributed by atoms with Gasteiger partial charge in [-0.1, -0.05) is 6.07 Å². The predicted octanol–water partition coefficient (Wildman–Crippen LogP) is 3.22. The first kappa shape index (κ1) is 18.5. The summed E-state index contributed by atoms with van der Waals surface area (Å²) in [6.45, 7) is 3.46. The van der Waals surface area contributed by atoms with Crippen molar-refractivity contribution in [3.63, 3.8) is 0 Å². The maximum absolute atomic E-state index is 13.8. The highest BCUT2D eigenvalue weighted by atomic mass is 19.4. The number of fused-ring (bicyclic) bond motifs is 4. The number of alkyl halides is 5. The Labute approximate surface area is 161 Å². The molecule has 0 radical (unpaired) electrons. The maximum atomic E-state index is 13.8. The molecule has 3 aromatic rings. The molecule has 5 rings (SSSR count). The smallest absolute Gasteiger partial charge is 0.338 e. The Balaban J connectivity index is 1.61. The minimum atomic E-state index is -5.68. The van der Waals surface area contributed by atoms with E-state index >= 15 is 0 Å². The van der Waals surface area contributed by atoms with Crippen molar-refractivity contribution >= 4 is 22.5 Å². The van der Waals surface area contributed by atoms with E-state index in [9.17, 15) is 22.0 Å². The number of rotatable bonds is 2. The molecule has 4 heterocycles. The second-order valence-electron chi connectivity index (χ2n) is 7.49. The molecule has 2 aliphatic rings. The predicted molar refractivity (Wildman–Crippen MR) is 95.0 cm³/mol. The van der Waals surface area contributed by atoms with E-state index in [1.165, 1.54) is 16.9 Å². The Morgan fingerprint density at radius 1 is 1.03 bits per heavy atom. The monoisotopic (exact) mass is 412 g/mol. The van der Waals surface area contributed by atoms with E-state index in [0.29, 0.717) is 17.5 Å². The molecule has 0 saturated carbocycles. The van der Waals surface area contributed by atoms with E-state index in [4.69, 9.17) is 0 Å². The molecule has 11 heteroatoms. The van der Waals surface area contributed by atoms with Gasteiger partial charge < -0.3 is 4.90 Å². The van der Waals surface area contributed by atoms with Crippen LogP contribution in [0, 0.1) is 0 Å². The van der Waals surface area contributed by atoms with Gasteiger partial charge in [0.2, 0.25) is 5.95 Å². The lowest BCUT2D eigenvalue weighted by molar-refractivity contribution is -0.289. The SMILES string of the molecule is FC(F)(F)C(F)(F)c1ccc2nc(N3CCN4CCCC4C3)n3ncnc3c2c1. The average molecular weight is 412 g/mol. The fourth-order valence-electron chi connectivity index (χ4n) is 4.28. The zero-order chi connectivity index (χ0) is 20.4. The van der Waals surface area contributed by atoms with Gasteiger partial charge in [0.1, 0.15) is 6.33 Å². The zero-order valence-electron chi connectivity index (χ0n) is 15.2. The Bertz CT molecular complexity index is 1080. The van der Waals surface area contributed by atoms with E-state index in [1.54, 1.807) is 0 Å². The van der Waals surface area contributed by atoms with Crippen LogP contribution < -0.4 is 4.90 Å². The molecule has 154 valence electrons. The molecule has 0 bridgehead atoms. The quantitative estimate of drug-likeness (QED) is 0.605. The van der Waals surface area contributed by atoms with Gasteiger partial charge in [-0.15, -0.1) is 0 Å². The number of hydrogen-bond donors (Lipinski definition) is 0. The molecule has 2 aliphatic heterocycles. The molecule has 1 atom stereocenters. The summed E-state index contributed by atoms with van der Waals surface area (Å²) in [5.74, 6) is -4.44. The first-order chi connectivity index (χ1) is 13.8. The lowest BCUT2D eigenvalue weighted by atomic mass is 10.1. The van der Waals surface area contributed by atoms with Gasteiger partial charge >= 0.3 is 12.1 Å². The molecule has 0 aliphatic carbocycles. The molecule has 29 heavy (non-hydrogen) atoms. The van der Waals surface area contributed by atoms with Crippen molar-refractivity contribution in [1.82, 2.24) is 24.5 Å². The van der Waals surface area contributed by atoms with E-state index in [-0.39, 0.29) is 11.0 Å². The number of halogens is 5. The summed E-state index contributed by atoms with van der Waals surface area (Å²) in [5, 5.41) is 4.25. The highest BCUT2D eigenvalue weighted by Gasteiger charge is 2.58. The summed E-state index contributed by atoms with van der Waals surface area (Å²) in [4.78, 5) is 13.2. The third kappa shape index (κ3) is 2.82. The van der Waals surface area contributed by atoms with E-state index in [1.807, 2.05) is 0 Å². The molecule has 0 N–H and O–H groups in total. The molecule has 2 saturated heterocycles. The topological polar surface area (TPSA) is 49.6 Å². The second-order valence-corrected chi connectivity index (χ2v) is 7.49. The van der Waals surface area contributed by atoms with Crippen LogP contribution in [0.4, 0.5) is 27.9 Å². The van der Waals surface area contributed by atoms with Crippen molar-refractivity contribution in [2.75, 3.05) is 31.1 Å². The van der Waals surface area contributed by atoms with Gasteiger partial charge in [-0.05, 0) is 31.5 Å². The first-order valence-electron chi connectivity index (χ1n) is 9.33. The van der Waals surface area contributed by atoms with Gasteiger partial charge in [-0.2, -0.15) is 31.6 Å². The van der Waals surface area contributed by atoms with Crippen LogP contribution in [0.2, 0.25) is 0 Å². The van der Waals surface area contributed by atoms with Crippen molar-refractivity contribution in [3.05, 3.63) is 30.1 Å². The minimum absolute atomic E-state index is 0.104. The standard InChI is InChI=1S/C18H17F5N6/c19-17(20,18(21,22)23)11-3-4-14-13(8-11)15-24-10-25-29(15)16(26-14)28-7-6-27-5-1-2-12(27)9-28/h3-4,8,10,12H,1-2,5-7,9H2. The molecule has 0 amide bonds. The summed E-state index contributed by atoms with van der Waals surface area (Å²) < 4.78 is 67.4. The molecule has 1 unspecified atom stereocenters. The maximum Gasteiger partial charge on any atom is 0.458 e. The normalized spacial score (nSPS) is 21.3. The second kappa shape index (κ2) is 6.22. The van der Waals surface area contributed by atoms with Gasteiger partial charge in [0, 0.05) is 36.6 Å². The molecule has 2 aromatic heterocycles. The fraction of sp³-hybridized carbons (Fsp3) is 0.500. The molecular weight excluding hydrogens is 395 g/mol. The number of anilines is 1. The van der Waals surface area contributed by atoms with E-state index in [2.05, 4.69) is 24.9 Å². The van der Waals surface area contributed by atoms with Crippen LogP contribution in [0.5, 0.6) is 0 Å². The van der Waals surface area contributed by atoms with Crippen molar-refractivity contribution in [2.24, 2.45) is 0 Å². The first-order valence-corrected chi connectivity index (χ1v) is 9.33. The van der Waals surface area contributed by atoms with Gasteiger partial charge in [-0.3, -0.25) is 4.90 Å². The van der Waals surface area contributed by atoms with Crippen LogP contribution in [0.25, 0.3) is 16.6 Å². The molecule has 2 fully saturated rings. The lowest BCUT2D eigenvalue weighted by Gasteiger charge is -2.37. The van der Waals surface area contributed by atoms with Crippen molar-refractivity contribution < 1.29 is 22.0 Å². The number of piperazine rings is 1. The summed E-state index contributed by atoms with van der Waals surface area (Å²) in [6.07, 6.45) is -2.18. The van der Waals surface area contributed by atoms with Crippen LogP contribution in [0.15, 0.2) is 24.5 Å². The summed E-state index contributed by atoms with van der Waals surface area (Å²) >= 11 is 0. The number of nitrogens with zero attached hydrogens (tertiary/aromatic N) is 6. The third-order valence-corrected chi connectivity index (χ3v) is 5.78. The van der Waals surface area contributed by atoms with Crippen molar-refractivity contribution in [1.29, 1.82) is 0 Å². The minimum Gasteiger partial charge on any atom is -0.338 e. The molecule has 1 aromatic carbocycles. The fourth-order valence-corrected chi connectivity index (χ4v) is 4.28. The van der Waals surface area contributed by atoms with Crippen LogP contribution in [0.1, 0.15) is 18.4 Å². The zero-order valence-corrected chi connectivity index (χ0v) is 15.2. The van der Waals surface area contributed by atoms with Crippen LogP contribution in [-0.2, 0) is 5.92 Å². The Hall–Kier alpha value is -2.56. The Kier molecular flexibility index (Phi) is 3.96. The van der Waals surface area contributed by atoms with Crippen molar-refractivity contribution in [3.8, 4) is 0 Å². The summed E-state index contributed by atoms with van der Waals surface area (Å²) in [5.41, 5.74) is -0.633. The lowest BCUT2D eigenvalue weighted by Crippen LogP contribution is -2.51. The van der Waals surface area contributed by atoms with Crippen LogP contribution in [0.3, 0.4) is 0 Å². The third-order valence-electron chi connectivity index (χ3n) is 5.78. The highest BCUT2D eigenvalue weighted by Crippen LogP contribution is 2.44. The van der Waals surface area contributed by atoms with Gasteiger partial charge in [0.05, 0.1) is 5.52 Å². The molecule has 0 spiro atoms. The number of aromatic nitrogens is 4. The highest BCUT2D eigenvalue weighted by molar-refractivity contribution is 5.93. The van der Waals surface area contributed by atoms with Gasteiger partial charge in [0.25, 0.3) is 0 Å². The van der Waals surface area contributed by atoms with Gasteiger partial charge in [-0.25, -0.2) is 9.97 Å². The van der Waals surface area contributed by atoms with Crippen molar-refractivity contribution in [2.45, 2.75) is 31.0 Å².